The Bertz CT molecular complexity index is 710. The standard InChI is InChI=1S/C21H39N7O/c1-11-19(22)20-18(5)24-27(10)21(20)29-17(4)14-26(9)13-16(3)28(23-6)15(2)12-25(7)8/h11,15,17,22-23H,1,3,12-14H2,2,4-10H3/t15-,17-/m0/s1. The lowest BCUT2D eigenvalue weighted by molar-refractivity contribution is 0.130. The fourth-order valence-corrected chi connectivity index (χ4v) is 3.60. The normalized spacial score (nSPS) is 13.4. The van der Waals surface area contributed by atoms with Crippen LogP contribution in [0.15, 0.2) is 24.9 Å². The van der Waals surface area contributed by atoms with Gasteiger partial charge in [0.05, 0.1) is 23.0 Å². The van der Waals surface area contributed by atoms with Gasteiger partial charge >= 0.3 is 0 Å². The lowest BCUT2D eigenvalue weighted by Gasteiger charge is -2.35. The molecule has 0 fully saturated rings. The molecule has 8 heteroatoms. The number of hydrogen-bond donors (Lipinski definition) is 2. The lowest BCUT2D eigenvalue weighted by Crippen LogP contribution is -2.48. The van der Waals surface area contributed by atoms with Crippen molar-refractivity contribution in [2.75, 3.05) is 47.8 Å². The quantitative estimate of drug-likeness (QED) is 0.386. The van der Waals surface area contributed by atoms with Crippen molar-refractivity contribution in [3.63, 3.8) is 0 Å². The van der Waals surface area contributed by atoms with Gasteiger partial charge in [-0.15, -0.1) is 0 Å². The minimum atomic E-state index is -0.0822. The first-order chi connectivity index (χ1) is 13.5. The summed E-state index contributed by atoms with van der Waals surface area (Å²) in [6.45, 7) is 16.4. The van der Waals surface area contributed by atoms with Gasteiger partial charge in [0.2, 0.25) is 5.88 Å². The topological polar surface area (TPSA) is 72.7 Å². The van der Waals surface area contributed by atoms with Crippen LogP contribution in [0.5, 0.6) is 5.88 Å². The molecule has 1 aromatic rings. The van der Waals surface area contributed by atoms with E-state index in [1.807, 2.05) is 27.9 Å². The van der Waals surface area contributed by atoms with Crippen molar-refractivity contribution in [2.45, 2.75) is 32.9 Å². The number of aryl methyl sites for hydroxylation is 2. The second-order valence-corrected chi connectivity index (χ2v) is 7.90. The van der Waals surface area contributed by atoms with Crippen molar-refractivity contribution in [3.8, 4) is 5.88 Å². The molecule has 0 aliphatic heterocycles. The van der Waals surface area contributed by atoms with E-state index < -0.39 is 0 Å². The zero-order chi connectivity index (χ0) is 22.3. The zero-order valence-corrected chi connectivity index (χ0v) is 19.4. The monoisotopic (exact) mass is 405 g/mol. The Hall–Kier alpha value is -2.16. The third kappa shape index (κ3) is 6.99. The summed E-state index contributed by atoms with van der Waals surface area (Å²) in [6, 6.07) is 0.300. The van der Waals surface area contributed by atoms with Gasteiger partial charge in [-0.1, -0.05) is 13.2 Å². The molecule has 29 heavy (non-hydrogen) atoms. The van der Waals surface area contributed by atoms with Crippen LogP contribution in [0.3, 0.4) is 0 Å². The average Bonchev–Trinajstić information content (AvgIpc) is 2.87. The van der Waals surface area contributed by atoms with E-state index in [9.17, 15) is 0 Å². The predicted molar refractivity (Wildman–Crippen MR) is 121 cm³/mol. The summed E-state index contributed by atoms with van der Waals surface area (Å²) in [5.41, 5.74) is 6.03. The molecule has 2 N–H and O–H groups in total. The van der Waals surface area contributed by atoms with Crippen molar-refractivity contribution >= 4 is 5.71 Å². The molecule has 0 saturated heterocycles. The Balaban J connectivity index is 2.74. The number of allylic oxidation sites excluding steroid dienone is 1. The number of nitrogens with zero attached hydrogens (tertiary/aromatic N) is 5. The Morgan fingerprint density at radius 3 is 2.45 bits per heavy atom. The predicted octanol–water partition coefficient (Wildman–Crippen LogP) is 1.88. The zero-order valence-electron chi connectivity index (χ0n) is 19.4. The molecule has 2 atom stereocenters. The van der Waals surface area contributed by atoms with Crippen molar-refractivity contribution in [1.29, 1.82) is 5.41 Å². The van der Waals surface area contributed by atoms with Crippen molar-refractivity contribution in [2.24, 2.45) is 7.05 Å². The molecule has 0 saturated carbocycles. The maximum atomic E-state index is 8.12. The summed E-state index contributed by atoms with van der Waals surface area (Å²) in [4.78, 5) is 4.34. The highest BCUT2D eigenvalue weighted by molar-refractivity contribution is 6.08. The van der Waals surface area contributed by atoms with Gasteiger partial charge in [0.25, 0.3) is 0 Å². The summed E-state index contributed by atoms with van der Waals surface area (Å²) in [7, 11) is 9.94. The summed E-state index contributed by atoms with van der Waals surface area (Å²) >= 11 is 0. The maximum absolute atomic E-state index is 8.12. The van der Waals surface area contributed by atoms with Gasteiger partial charge in [-0.3, -0.25) is 4.90 Å². The second kappa shape index (κ2) is 11.1. The SMILES string of the molecule is C=CC(=N)c1c(C)nn(C)c1O[C@@H](C)CN(C)CC(=C)N(NC)[C@@H](C)CN(C)C. The minimum absolute atomic E-state index is 0.0822. The van der Waals surface area contributed by atoms with Gasteiger partial charge < -0.3 is 20.1 Å². The number of likely N-dealkylation sites (N-methyl/N-ethyl adjacent to an activating group) is 2. The van der Waals surface area contributed by atoms with Gasteiger partial charge in [0, 0.05) is 39.4 Å². The second-order valence-electron chi connectivity index (χ2n) is 7.90. The highest BCUT2D eigenvalue weighted by Crippen LogP contribution is 2.23. The molecule has 0 aromatic carbocycles. The molecule has 1 rings (SSSR count). The average molecular weight is 406 g/mol. The van der Waals surface area contributed by atoms with E-state index in [2.05, 4.69) is 66.6 Å². The third-order valence-corrected chi connectivity index (χ3v) is 4.63. The maximum Gasteiger partial charge on any atom is 0.221 e. The molecule has 0 aliphatic rings. The largest absolute Gasteiger partial charge is 0.473 e. The number of hydrogen-bond acceptors (Lipinski definition) is 7. The summed E-state index contributed by atoms with van der Waals surface area (Å²) in [5, 5.41) is 14.6. The van der Waals surface area contributed by atoms with Crippen LogP contribution in [0.1, 0.15) is 25.1 Å². The summed E-state index contributed by atoms with van der Waals surface area (Å²) in [5.74, 6) is 0.601. The fraction of sp³-hybridized carbons (Fsp3) is 0.619. The van der Waals surface area contributed by atoms with E-state index in [0.29, 0.717) is 36.3 Å². The molecular formula is C21H39N7O. The molecule has 0 spiro atoms. The molecule has 0 unspecified atom stereocenters. The van der Waals surface area contributed by atoms with E-state index in [-0.39, 0.29) is 6.10 Å². The van der Waals surface area contributed by atoms with Crippen LogP contribution in [-0.4, -0.2) is 90.3 Å². The molecule has 8 nitrogen and oxygen atoms in total. The van der Waals surface area contributed by atoms with Crippen molar-refractivity contribution < 1.29 is 4.74 Å². The van der Waals surface area contributed by atoms with E-state index in [0.717, 1.165) is 17.9 Å². The first-order valence-corrected chi connectivity index (χ1v) is 9.91. The van der Waals surface area contributed by atoms with E-state index in [1.54, 1.807) is 4.68 Å². The third-order valence-electron chi connectivity index (χ3n) is 4.63. The molecule has 0 radical (unpaired) electrons. The number of aromatic nitrogens is 2. The first-order valence-electron chi connectivity index (χ1n) is 9.91. The lowest BCUT2D eigenvalue weighted by atomic mass is 10.1. The highest BCUT2D eigenvalue weighted by Gasteiger charge is 2.21. The van der Waals surface area contributed by atoms with Crippen molar-refractivity contribution in [3.05, 3.63) is 36.2 Å². The van der Waals surface area contributed by atoms with Crippen LogP contribution in [0.25, 0.3) is 0 Å². The highest BCUT2D eigenvalue weighted by atomic mass is 16.5. The Kier molecular flexibility index (Phi) is 9.55. The van der Waals surface area contributed by atoms with Crippen LogP contribution in [0, 0.1) is 12.3 Å². The van der Waals surface area contributed by atoms with Crippen LogP contribution < -0.4 is 10.2 Å². The van der Waals surface area contributed by atoms with Gasteiger partial charge in [-0.25, -0.2) is 10.1 Å². The van der Waals surface area contributed by atoms with Gasteiger partial charge in [0.1, 0.15) is 6.10 Å². The summed E-state index contributed by atoms with van der Waals surface area (Å²) in [6.07, 6.45) is 1.43. The number of ether oxygens (including phenoxy) is 1. The number of hydrazine groups is 1. The molecule has 0 amide bonds. The van der Waals surface area contributed by atoms with Crippen LogP contribution in [0.2, 0.25) is 0 Å². The van der Waals surface area contributed by atoms with Gasteiger partial charge in [-0.2, -0.15) is 5.10 Å². The van der Waals surface area contributed by atoms with Gasteiger partial charge in [0.15, 0.2) is 0 Å². The molecule has 1 aromatic heterocycles. The molecular weight excluding hydrogens is 366 g/mol. The van der Waals surface area contributed by atoms with Crippen LogP contribution in [-0.2, 0) is 7.05 Å². The van der Waals surface area contributed by atoms with E-state index in [1.165, 1.54) is 6.08 Å². The number of nitrogens with one attached hydrogen (secondary N) is 2. The molecule has 164 valence electrons. The van der Waals surface area contributed by atoms with E-state index in [4.69, 9.17) is 10.1 Å². The van der Waals surface area contributed by atoms with Crippen LogP contribution >= 0.6 is 0 Å². The Morgan fingerprint density at radius 1 is 1.31 bits per heavy atom. The summed E-state index contributed by atoms with van der Waals surface area (Å²) < 4.78 is 7.85. The smallest absolute Gasteiger partial charge is 0.221 e. The van der Waals surface area contributed by atoms with Gasteiger partial charge in [-0.05, 0) is 48.0 Å². The first kappa shape index (κ1) is 24.9. The molecule has 0 aliphatic carbocycles. The molecule has 0 bridgehead atoms. The Morgan fingerprint density at radius 2 is 1.93 bits per heavy atom. The van der Waals surface area contributed by atoms with Crippen molar-refractivity contribution in [1.82, 2.24) is 30.0 Å². The fourth-order valence-electron chi connectivity index (χ4n) is 3.60. The van der Waals surface area contributed by atoms with Crippen LogP contribution in [0.4, 0.5) is 0 Å². The Labute approximate surface area is 176 Å². The molecule has 1 heterocycles. The minimum Gasteiger partial charge on any atom is -0.473 e. The number of rotatable bonds is 13. The van der Waals surface area contributed by atoms with E-state index >= 15 is 0 Å².